The molecule has 0 fully saturated rings. The molecule has 2 rings (SSSR count). The number of hydrogen-bond acceptors (Lipinski definition) is 3. The van der Waals surface area contributed by atoms with E-state index in [1.165, 1.54) is 4.88 Å². The largest absolute Gasteiger partial charge is 0.492 e. The molecule has 2 nitrogen and oxygen atoms in total. The van der Waals surface area contributed by atoms with E-state index in [-0.39, 0.29) is 0 Å². The minimum Gasteiger partial charge on any atom is -0.492 e. The van der Waals surface area contributed by atoms with Gasteiger partial charge in [0.25, 0.3) is 0 Å². The number of rotatable bonds is 4. The van der Waals surface area contributed by atoms with Crippen LogP contribution in [0.15, 0.2) is 23.7 Å². The van der Waals surface area contributed by atoms with Crippen LogP contribution < -0.4 is 4.74 Å². The van der Waals surface area contributed by atoms with Crippen molar-refractivity contribution in [3.8, 4) is 5.75 Å². The average Bonchev–Trinajstić information content (AvgIpc) is 2.70. The van der Waals surface area contributed by atoms with Gasteiger partial charge >= 0.3 is 0 Å². The fourth-order valence-corrected chi connectivity index (χ4v) is 2.50. The van der Waals surface area contributed by atoms with Gasteiger partial charge in [-0.3, -0.25) is 0 Å². The lowest BCUT2D eigenvalue weighted by Gasteiger charge is -2.07. The Morgan fingerprint density at radius 1 is 1.35 bits per heavy atom. The molecule has 0 amide bonds. The summed E-state index contributed by atoms with van der Waals surface area (Å²) in [5.41, 5.74) is 2.91. The SMILES string of the molecule is Cc1ncsc1CCOc1cc(Cl)ccc1Cl. The molecule has 0 spiro atoms. The highest BCUT2D eigenvalue weighted by Gasteiger charge is 2.05. The van der Waals surface area contributed by atoms with E-state index in [0.29, 0.717) is 22.4 Å². The van der Waals surface area contributed by atoms with Crippen molar-refractivity contribution in [3.05, 3.63) is 44.3 Å². The van der Waals surface area contributed by atoms with Crippen molar-refractivity contribution in [2.75, 3.05) is 6.61 Å². The van der Waals surface area contributed by atoms with Crippen LogP contribution in [-0.4, -0.2) is 11.6 Å². The van der Waals surface area contributed by atoms with Crippen molar-refractivity contribution in [2.24, 2.45) is 0 Å². The zero-order valence-electron chi connectivity index (χ0n) is 9.24. The van der Waals surface area contributed by atoms with Gasteiger partial charge in [0.05, 0.1) is 22.8 Å². The van der Waals surface area contributed by atoms with Crippen LogP contribution in [0.5, 0.6) is 5.75 Å². The smallest absolute Gasteiger partial charge is 0.139 e. The average molecular weight is 288 g/mol. The topological polar surface area (TPSA) is 22.1 Å². The lowest BCUT2D eigenvalue weighted by Crippen LogP contribution is -2.01. The summed E-state index contributed by atoms with van der Waals surface area (Å²) in [6.07, 6.45) is 0.833. The molecule has 1 aromatic carbocycles. The van der Waals surface area contributed by atoms with Crippen LogP contribution in [0.4, 0.5) is 0 Å². The molecule has 0 N–H and O–H groups in total. The second kappa shape index (κ2) is 5.71. The van der Waals surface area contributed by atoms with E-state index < -0.39 is 0 Å². The molecular formula is C12H11Cl2NOS. The Labute approximate surface area is 114 Å². The highest BCUT2D eigenvalue weighted by molar-refractivity contribution is 7.09. The first-order valence-corrected chi connectivity index (χ1v) is 6.77. The summed E-state index contributed by atoms with van der Waals surface area (Å²) >= 11 is 13.5. The summed E-state index contributed by atoms with van der Waals surface area (Å²) in [7, 11) is 0. The van der Waals surface area contributed by atoms with Crippen molar-refractivity contribution in [3.63, 3.8) is 0 Å². The molecular weight excluding hydrogens is 277 g/mol. The van der Waals surface area contributed by atoms with Gasteiger partial charge in [-0.2, -0.15) is 0 Å². The number of aryl methyl sites for hydroxylation is 1. The third-order valence-corrected chi connectivity index (χ3v) is 3.87. The molecule has 0 aliphatic heterocycles. The van der Waals surface area contributed by atoms with Crippen molar-refractivity contribution in [2.45, 2.75) is 13.3 Å². The van der Waals surface area contributed by atoms with Gasteiger partial charge in [-0.05, 0) is 19.1 Å². The van der Waals surface area contributed by atoms with Gasteiger partial charge in [-0.15, -0.1) is 11.3 Å². The summed E-state index contributed by atoms with van der Waals surface area (Å²) in [6.45, 7) is 2.57. The van der Waals surface area contributed by atoms with E-state index in [1.807, 2.05) is 12.4 Å². The van der Waals surface area contributed by atoms with Gasteiger partial charge in [-0.1, -0.05) is 23.2 Å². The molecule has 0 unspecified atom stereocenters. The second-order valence-corrected chi connectivity index (χ2v) is 5.32. The molecule has 0 bridgehead atoms. The van der Waals surface area contributed by atoms with Crippen molar-refractivity contribution < 1.29 is 4.74 Å². The number of benzene rings is 1. The number of aromatic nitrogens is 1. The summed E-state index contributed by atoms with van der Waals surface area (Å²) in [5.74, 6) is 0.626. The molecule has 5 heteroatoms. The highest BCUT2D eigenvalue weighted by Crippen LogP contribution is 2.27. The monoisotopic (exact) mass is 287 g/mol. The van der Waals surface area contributed by atoms with Crippen LogP contribution in [0.25, 0.3) is 0 Å². The summed E-state index contributed by atoms with van der Waals surface area (Å²) in [6, 6.07) is 5.20. The van der Waals surface area contributed by atoms with E-state index in [0.717, 1.165) is 12.1 Å². The Balaban J connectivity index is 1.94. The second-order valence-electron chi connectivity index (χ2n) is 3.53. The van der Waals surface area contributed by atoms with Gasteiger partial charge < -0.3 is 4.74 Å². The predicted molar refractivity (Wildman–Crippen MR) is 72.5 cm³/mol. The lowest BCUT2D eigenvalue weighted by molar-refractivity contribution is 0.323. The van der Waals surface area contributed by atoms with Crippen LogP contribution >= 0.6 is 34.5 Å². The first-order chi connectivity index (χ1) is 8.16. The third-order valence-electron chi connectivity index (χ3n) is 2.32. The Hall–Kier alpha value is -0.770. The van der Waals surface area contributed by atoms with E-state index in [1.54, 1.807) is 29.5 Å². The minimum absolute atomic E-state index is 0.573. The van der Waals surface area contributed by atoms with Crippen LogP contribution in [-0.2, 0) is 6.42 Å². The summed E-state index contributed by atoms with van der Waals surface area (Å²) in [4.78, 5) is 5.43. The van der Waals surface area contributed by atoms with Crippen LogP contribution in [0.2, 0.25) is 10.0 Å². The van der Waals surface area contributed by atoms with Crippen LogP contribution in [0.3, 0.4) is 0 Å². The fraction of sp³-hybridized carbons (Fsp3) is 0.250. The normalized spacial score (nSPS) is 10.5. The maximum absolute atomic E-state index is 5.99. The molecule has 0 saturated heterocycles. The van der Waals surface area contributed by atoms with Gasteiger partial charge in [0.15, 0.2) is 0 Å². The molecule has 90 valence electrons. The quantitative estimate of drug-likeness (QED) is 0.833. The Kier molecular flexibility index (Phi) is 4.26. The third kappa shape index (κ3) is 3.35. The summed E-state index contributed by atoms with van der Waals surface area (Å²) < 4.78 is 5.61. The Morgan fingerprint density at radius 2 is 2.18 bits per heavy atom. The zero-order valence-corrected chi connectivity index (χ0v) is 11.6. The molecule has 0 saturated carbocycles. The molecule has 2 aromatic rings. The number of halogens is 2. The molecule has 1 aromatic heterocycles. The fourth-order valence-electron chi connectivity index (χ4n) is 1.41. The van der Waals surface area contributed by atoms with Crippen molar-refractivity contribution in [1.82, 2.24) is 4.98 Å². The van der Waals surface area contributed by atoms with Crippen LogP contribution in [0, 0.1) is 6.92 Å². The number of hydrogen-bond donors (Lipinski definition) is 0. The molecule has 0 atom stereocenters. The summed E-state index contributed by atoms with van der Waals surface area (Å²) in [5, 5.41) is 1.20. The Morgan fingerprint density at radius 3 is 2.88 bits per heavy atom. The van der Waals surface area contributed by atoms with Crippen molar-refractivity contribution >= 4 is 34.5 Å². The Bertz CT molecular complexity index is 513. The zero-order chi connectivity index (χ0) is 12.3. The van der Waals surface area contributed by atoms with E-state index in [9.17, 15) is 0 Å². The van der Waals surface area contributed by atoms with Gasteiger partial charge in [-0.25, -0.2) is 4.98 Å². The van der Waals surface area contributed by atoms with Gasteiger partial charge in [0, 0.05) is 22.4 Å². The molecule has 0 radical (unpaired) electrons. The van der Waals surface area contributed by atoms with Crippen molar-refractivity contribution in [1.29, 1.82) is 0 Å². The van der Waals surface area contributed by atoms with Gasteiger partial charge in [0.2, 0.25) is 0 Å². The first-order valence-electron chi connectivity index (χ1n) is 5.13. The van der Waals surface area contributed by atoms with E-state index in [2.05, 4.69) is 4.98 Å². The standard InChI is InChI=1S/C12H11Cl2NOS/c1-8-12(17-7-15-8)4-5-16-11-6-9(13)2-3-10(11)14/h2-3,6-7H,4-5H2,1H3. The van der Waals surface area contributed by atoms with E-state index in [4.69, 9.17) is 27.9 Å². The number of ether oxygens (including phenoxy) is 1. The maximum Gasteiger partial charge on any atom is 0.139 e. The molecule has 0 aliphatic rings. The molecule has 0 aliphatic carbocycles. The maximum atomic E-state index is 5.99. The van der Waals surface area contributed by atoms with E-state index >= 15 is 0 Å². The minimum atomic E-state index is 0.573. The molecule has 17 heavy (non-hydrogen) atoms. The predicted octanol–water partition coefficient (Wildman–Crippen LogP) is 4.38. The molecule has 1 heterocycles. The van der Waals surface area contributed by atoms with Crippen LogP contribution in [0.1, 0.15) is 10.6 Å². The number of nitrogens with zero attached hydrogens (tertiary/aromatic N) is 1. The number of thiazole rings is 1. The lowest BCUT2D eigenvalue weighted by atomic mass is 10.3. The first kappa shape index (κ1) is 12.7. The highest BCUT2D eigenvalue weighted by atomic mass is 35.5. The van der Waals surface area contributed by atoms with Gasteiger partial charge in [0.1, 0.15) is 5.75 Å².